The third-order valence-electron chi connectivity index (χ3n) is 3.92. The molecule has 0 radical (unpaired) electrons. The van der Waals surface area contributed by atoms with Gasteiger partial charge in [0.25, 0.3) is 5.91 Å². The van der Waals surface area contributed by atoms with Crippen LogP contribution in [0.1, 0.15) is 23.2 Å². The summed E-state index contributed by atoms with van der Waals surface area (Å²) < 4.78 is 42.3. The van der Waals surface area contributed by atoms with Crippen molar-refractivity contribution >= 4 is 5.91 Å². The molecule has 1 aromatic carbocycles. The van der Waals surface area contributed by atoms with E-state index >= 15 is 0 Å². The molecule has 2 aromatic rings. The SMILES string of the molecule is CN(CC1(C)COC1)C(=O)c1cc(COc2c(F)cccc2F)on1. The molecule has 25 heavy (non-hydrogen) atoms. The second-order valence-electron chi connectivity index (χ2n) is 6.48. The van der Waals surface area contributed by atoms with Crippen LogP contribution >= 0.6 is 0 Å². The number of rotatable bonds is 6. The fraction of sp³-hybridized carbons (Fsp3) is 0.412. The van der Waals surface area contributed by atoms with E-state index in [9.17, 15) is 13.6 Å². The third kappa shape index (κ3) is 3.79. The summed E-state index contributed by atoms with van der Waals surface area (Å²) in [5.74, 6) is -2.24. The maximum atomic E-state index is 13.5. The van der Waals surface area contributed by atoms with Crippen molar-refractivity contribution in [1.82, 2.24) is 10.1 Å². The zero-order chi connectivity index (χ0) is 18.0. The Morgan fingerprint density at radius 1 is 1.36 bits per heavy atom. The first kappa shape index (κ1) is 17.3. The van der Waals surface area contributed by atoms with E-state index in [1.54, 1.807) is 11.9 Å². The van der Waals surface area contributed by atoms with Crippen LogP contribution in [0.15, 0.2) is 28.8 Å². The van der Waals surface area contributed by atoms with Crippen LogP contribution in [0.4, 0.5) is 8.78 Å². The van der Waals surface area contributed by atoms with E-state index in [4.69, 9.17) is 14.0 Å². The Hall–Kier alpha value is -2.48. The number of carbonyl (C=O) groups excluding carboxylic acids is 1. The van der Waals surface area contributed by atoms with Crippen LogP contribution in [-0.2, 0) is 11.3 Å². The highest BCUT2D eigenvalue weighted by molar-refractivity contribution is 5.92. The molecule has 0 N–H and O–H groups in total. The fourth-order valence-electron chi connectivity index (χ4n) is 2.63. The first-order chi connectivity index (χ1) is 11.9. The summed E-state index contributed by atoms with van der Waals surface area (Å²) >= 11 is 0. The molecular weight excluding hydrogens is 334 g/mol. The lowest BCUT2D eigenvalue weighted by atomic mass is 9.88. The molecule has 134 valence electrons. The molecular formula is C17H18F2N2O4. The van der Waals surface area contributed by atoms with Gasteiger partial charge in [0.15, 0.2) is 28.8 Å². The molecule has 1 saturated heterocycles. The van der Waals surface area contributed by atoms with E-state index in [0.717, 1.165) is 12.1 Å². The van der Waals surface area contributed by atoms with Gasteiger partial charge in [-0.05, 0) is 12.1 Å². The van der Waals surface area contributed by atoms with Crippen LogP contribution in [0.5, 0.6) is 5.75 Å². The standard InChI is InChI=1S/C17H18F2N2O4/c1-17(9-23-10-17)8-21(2)16(22)14-6-11(25-20-14)7-24-15-12(18)4-3-5-13(15)19/h3-6H,7-10H2,1-2H3. The maximum absolute atomic E-state index is 13.5. The van der Waals surface area contributed by atoms with E-state index in [2.05, 4.69) is 5.16 Å². The number of benzene rings is 1. The van der Waals surface area contributed by atoms with Crippen LogP contribution < -0.4 is 4.74 Å². The molecule has 0 spiro atoms. The maximum Gasteiger partial charge on any atom is 0.275 e. The number of carbonyl (C=O) groups is 1. The Kier molecular flexibility index (Phi) is 4.71. The first-order valence-electron chi connectivity index (χ1n) is 7.74. The minimum Gasteiger partial charge on any atom is -0.479 e. The lowest BCUT2D eigenvalue weighted by Crippen LogP contribution is -2.49. The number of ether oxygens (including phenoxy) is 2. The van der Waals surface area contributed by atoms with E-state index < -0.39 is 17.4 Å². The molecule has 0 atom stereocenters. The monoisotopic (exact) mass is 352 g/mol. The van der Waals surface area contributed by atoms with Gasteiger partial charge in [-0.2, -0.15) is 0 Å². The summed E-state index contributed by atoms with van der Waals surface area (Å²) in [5.41, 5.74) is 0.0570. The van der Waals surface area contributed by atoms with Crippen molar-refractivity contribution in [2.75, 3.05) is 26.8 Å². The van der Waals surface area contributed by atoms with E-state index in [1.807, 2.05) is 6.92 Å². The number of amides is 1. The van der Waals surface area contributed by atoms with E-state index in [1.165, 1.54) is 12.1 Å². The average molecular weight is 352 g/mol. The molecule has 1 aliphatic heterocycles. The number of halogens is 2. The number of aromatic nitrogens is 1. The number of nitrogens with zero attached hydrogens (tertiary/aromatic N) is 2. The highest BCUT2D eigenvalue weighted by atomic mass is 19.1. The molecule has 6 nitrogen and oxygen atoms in total. The topological polar surface area (TPSA) is 64.8 Å². The number of para-hydroxylation sites is 1. The van der Waals surface area contributed by atoms with Crippen LogP contribution in [-0.4, -0.2) is 42.8 Å². The van der Waals surface area contributed by atoms with Gasteiger partial charge < -0.3 is 18.9 Å². The molecule has 1 amide bonds. The molecule has 3 rings (SSSR count). The quantitative estimate of drug-likeness (QED) is 0.800. The molecule has 0 unspecified atom stereocenters. The normalized spacial score (nSPS) is 15.5. The van der Waals surface area contributed by atoms with Crippen molar-refractivity contribution < 1.29 is 27.6 Å². The van der Waals surface area contributed by atoms with Crippen LogP contribution in [0.3, 0.4) is 0 Å². The predicted molar refractivity (Wildman–Crippen MR) is 83.1 cm³/mol. The van der Waals surface area contributed by atoms with Gasteiger partial charge in [0.1, 0.15) is 6.61 Å². The van der Waals surface area contributed by atoms with Crippen molar-refractivity contribution in [2.24, 2.45) is 5.41 Å². The number of hydrogen-bond donors (Lipinski definition) is 0. The minimum atomic E-state index is -0.813. The molecule has 1 fully saturated rings. The van der Waals surface area contributed by atoms with Crippen molar-refractivity contribution in [1.29, 1.82) is 0 Å². The predicted octanol–water partition coefficient (Wildman–Crippen LogP) is 2.64. The zero-order valence-corrected chi connectivity index (χ0v) is 13.9. The van der Waals surface area contributed by atoms with Gasteiger partial charge in [-0.3, -0.25) is 4.79 Å². The Bertz CT molecular complexity index is 754. The smallest absolute Gasteiger partial charge is 0.275 e. The van der Waals surface area contributed by atoms with E-state index in [-0.39, 0.29) is 29.4 Å². The molecule has 0 saturated carbocycles. The second-order valence-corrected chi connectivity index (χ2v) is 6.48. The summed E-state index contributed by atoms with van der Waals surface area (Å²) in [7, 11) is 1.67. The summed E-state index contributed by atoms with van der Waals surface area (Å²) in [4.78, 5) is 13.9. The number of hydrogen-bond acceptors (Lipinski definition) is 5. The lowest BCUT2D eigenvalue weighted by molar-refractivity contribution is -0.109. The molecule has 8 heteroatoms. The summed E-state index contributed by atoms with van der Waals surface area (Å²) in [6, 6.07) is 4.82. The largest absolute Gasteiger partial charge is 0.479 e. The van der Waals surface area contributed by atoms with Gasteiger partial charge in [0.2, 0.25) is 0 Å². The van der Waals surface area contributed by atoms with Gasteiger partial charge in [0, 0.05) is 25.1 Å². The third-order valence-corrected chi connectivity index (χ3v) is 3.92. The average Bonchev–Trinajstić information content (AvgIpc) is 3.01. The van der Waals surface area contributed by atoms with Crippen molar-refractivity contribution in [3.8, 4) is 5.75 Å². The molecule has 1 aliphatic rings. The van der Waals surface area contributed by atoms with Gasteiger partial charge in [-0.15, -0.1) is 0 Å². The van der Waals surface area contributed by atoms with Crippen molar-refractivity contribution in [3.05, 3.63) is 47.4 Å². The molecule has 0 aliphatic carbocycles. The zero-order valence-electron chi connectivity index (χ0n) is 13.9. The van der Waals surface area contributed by atoms with Gasteiger partial charge >= 0.3 is 0 Å². The van der Waals surface area contributed by atoms with E-state index in [0.29, 0.717) is 19.8 Å². The Morgan fingerprint density at radius 2 is 2.04 bits per heavy atom. The minimum absolute atomic E-state index is 0.0531. The van der Waals surface area contributed by atoms with Gasteiger partial charge in [0.05, 0.1) is 13.2 Å². The second kappa shape index (κ2) is 6.79. The Balaban J connectivity index is 1.61. The molecule has 1 aromatic heterocycles. The summed E-state index contributed by atoms with van der Waals surface area (Å²) in [6.07, 6.45) is 0. The van der Waals surface area contributed by atoms with Crippen LogP contribution in [0.25, 0.3) is 0 Å². The lowest BCUT2D eigenvalue weighted by Gasteiger charge is -2.40. The first-order valence-corrected chi connectivity index (χ1v) is 7.74. The van der Waals surface area contributed by atoms with Crippen molar-refractivity contribution in [3.63, 3.8) is 0 Å². The summed E-state index contributed by atoms with van der Waals surface area (Å²) in [6.45, 7) is 3.54. The Labute approximate surface area is 143 Å². The Morgan fingerprint density at radius 3 is 2.64 bits per heavy atom. The highest BCUT2D eigenvalue weighted by Gasteiger charge is 2.36. The molecule has 2 heterocycles. The highest BCUT2D eigenvalue weighted by Crippen LogP contribution is 2.27. The fourth-order valence-corrected chi connectivity index (χ4v) is 2.63. The van der Waals surface area contributed by atoms with Crippen molar-refractivity contribution in [2.45, 2.75) is 13.5 Å². The molecule has 0 bridgehead atoms. The van der Waals surface area contributed by atoms with Crippen LogP contribution in [0, 0.1) is 17.0 Å². The van der Waals surface area contributed by atoms with Gasteiger partial charge in [-0.1, -0.05) is 18.1 Å². The van der Waals surface area contributed by atoms with Gasteiger partial charge in [-0.25, -0.2) is 8.78 Å². The van der Waals surface area contributed by atoms with Crippen LogP contribution in [0.2, 0.25) is 0 Å². The summed E-state index contributed by atoms with van der Waals surface area (Å²) in [5, 5.41) is 3.70.